The lowest BCUT2D eigenvalue weighted by Crippen LogP contribution is -2.42. The molecule has 1 aromatic rings. The van der Waals surface area contributed by atoms with E-state index in [0.29, 0.717) is 0 Å². The molecule has 1 aliphatic rings. The standard InChI is InChI=1S/C11H10Cl2N2O4/c12-7-1-5(2-14-9(7)13)10(16)15-8-4-19-3-6(8)11(17)18/h1-2,6,8H,3-4H2,(H,15,16)(H,17,18). The van der Waals surface area contributed by atoms with Gasteiger partial charge in [0.05, 0.1) is 29.8 Å². The van der Waals surface area contributed by atoms with Crippen molar-refractivity contribution in [3.8, 4) is 0 Å². The largest absolute Gasteiger partial charge is 0.481 e. The number of hydrogen-bond acceptors (Lipinski definition) is 4. The van der Waals surface area contributed by atoms with Gasteiger partial charge in [0.25, 0.3) is 5.91 Å². The SMILES string of the molecule is O=C(NC1COCC1C(=O)O)c1cnc(Cl)c(Cl)c1. The van der Waals surface area contributed by atoms with Crippen LogP contribution < -0.4 is 5.32 Å². The van der Waals surface area contributed by atoms with Gasteiger partial charge in [-0.25, -0.2) is 4.98 Å². The van der Waals surface area contributed by atoms with Crippen LogP contribution in [-0.2, 0) is 9.53 Å². The number of nitrogens with zero attached hydrogens (tertiary/aromatic N) is 1. The van der Waals surface area contributed by atoms with Crippen molar-refractivity contribution >= 4 is 35.1 Å². The van der Waals surface area contributed by atoms with Gasteiger partial charge in [-0.1, -0.05) is 23.2 Å². The Hall–Kier alpha value is -1.37. The molecule has 1 fully saturated rings. The summed E-state index contributed by atoms with van der Waals surface area (Å²) in [4.78, 5) is 26.6. The summed E-state index contributed by atoms with van der Waals surface area (Å²) >= 11 is 11.4. The molecule has 19 heavy (non-hydrogen) atoms. The van der Waals surface area contributed by atoms with Crippen LogP contribution in [0.5, 0.6) is 0 Å². The van der Waals surface area contributed by atoms with Crippen LogP contribution in [0.1, 0.15) is 10.4 Å². The highest BCUT2D eigenvalue weighted by Gasteiger charge is 2.35. The Kier molecular flexibility index (Phi) is 4.24. The van der Waals surface area contributed by atoms with Crippen LogP contribution in [0.3, 0.4) is 0 Å². The number of carbonyl (C=O) groups excluding carboxylic acids is 1. The first-order chi connectivity index (χ1) is 8.99. The van der Waals surface area contributed by atoms with Crippen molar-refractivity contribution in [2.45, 2.75) is 6.04 Å². The molecule has 1 amide bonds. The fourth-order valence-electron chi connectivity index (χ4n) is 1.74. The maximum absolute atomic E-state index is 11.9. The predicted octanol–water partition coefficient (Wildman–Crippen LogP) is 1.22. The third kappa shape index (κ3) is 3.15. The van der Waals surface area contributed by atoms with Gasteiger partial charge >= 0.3 is 5.97 Å². The van der Waals surface area contributed by atoms with E-state index in [9.17, 15) is 9.59 Å². The zero-order valence-electron chi connectivity index (χ0n) is 9.60. The first kappa shape index (κ1) is 14.0. The summed E-state index contributed by atoms with van der Waals surface area (Å²) < 4.78 is 5.05. The second-order valence-corrected chi connectivity index (χ2v) is 4.82. The number of ether oxygens (including phenoxy) is 1. The number of aliphatic carboxylic acids is 1. The average Bonchev–Trinajstić information content (AvgIpc) is 2.80. The van der Waals surface area contributed by atoms with Crippen LogP contribution in [0.4, 0.5) is 0 Å². The number of rotatable bonds is 3. The molecule has 2 heterocycles. The zero-order valence-corrected chi connectivity index (χ0v) is 11.1. The lowest BCUT2D eigenvalue weighted by atomic mass is 10.0. The number of carboxylic acid groups (broad SMARTS) is 1. The van der Waals surface area contributed by atoms with Crippen molar-refractivity contribution < 1.29 is 19.4 Å². The molecule has 2 atom stereocenters. The second kappa shape index (κ2) is 5.73. The van der Waals surface area contributed by atoms with E-state index in [2.05, 4.69) is 10.3 Å². The van der Waals surface area contributed by atoms with Gasteiger partial charge in [-0.3, -0.25) is 9.59 Å². The van der Waals surface area contributed by atoms with Gasteiger partial charge < -0.3 is 15.2 Å². The minimum atomic E-state index is -1.00. The number of aromatic nitrogens is 1. The third-order valence-electron chi connectivity index (χ3n) is 2.77. The van der Waals surface area contributed by atoms with Crippen LogP contribution in [0.15, 0.2) is 12.3 Å². The summed E-state index contributed by atoms with van der Waals surface area (Å²) in [7, 11) is 0. The maximum Gasteiger partial charge on any atom is 0.311 e. The number of carbonyl (C=O) groups is 2. The van der Waals surface area contributed by atoms with E-state index >= 15 is 0 Å². The highest BCUT2D eigenvalue weighted by Crippen LogP contribution is 2.20. The Bertz CT molecular complexity index is 523. The Morgan fingerprint density at radius 3 is 2.79 bits per heavy atom. The summed E-state index contributed by atoms with van der Waals surface area (Å²) in [6.07, 6.45) is 1.27. The molecule has 8 heteroatoms. The van der Waals surface area contributed by atoms with E-state index in [4.69, 9.17) is 33.0 Å². The molecule has 0 saturated carbocycles. The van der Waals surface area contributed by atoms with Crippen LogP contribution in [-0.4, -0.2) is 41.2 Å². The highest BCUT2D eigenvalue weighted by atomic mass is 35.5. The van der Waals surface area contributed by atoms with Crippen LogP contribution >= 0.6 is 23.2 Å². The molecular formula is C11H10Cl2N2O4. The molecule has 0 aliphatic carbocycles. The van der Waals surface area contributed by atoms with Gasteiger partial charge in [0.1, 0.15) is 11.1 Å². The Balaban J connectivity index is 2.08. The molecule has 2 unspecified atom stereocenters. The molecule has 2 N–H and O–H groups in total. The normalized spacial score (nSPS) is 22.2. The number of carboxylic acids is 1. The molecule has 0 aromatic carbocycles. The van der Waals surface area contributed by atoms with Crippen molar-refractivity contribution in [1.29, 1.82) is 0 Å². The third-order valence-corrected chi connectivity index (χ3v) is 3.46. The fourth-order valence-corrected chi connectivity index (χ4v) is 2.01. The molecule has 0 spiro atoms. The van der Waals surface area contributed by atoms with E-state index in [1.807, 2.05) is 0 Å². The molecule has 6 nitrogen and oxygen atoms in total. The van der Waals surface area contributed by atoms with Crippen molar-refractivity contribution in [1.82, 2.24) is 10.3 Å². The Morgan fingerprint density at radius 2 is 2.16 bits per heavy atom. The number of hydrogen-bond donors (Lipinski definition) is 2. The van der Waals surface area contributed by atoms with E-state index in [1.165, 1.54) is 12.3 Å². The predicted molar refractivity (Wildman–Crippen MR) is 67.5 cm³/mol. The van der Waals surface area contributed by atoms with E-state index < -0.39 is 23.8 Å². The van der Waals surface area contributed by atoms with Crippen molar-refractivity contribution in [3.05, 3.63) is 28.0 Å². The van der Waals surface area contributed by atoms with E-state index in [-0.39, 0.29) is 29.0 Å². The van der Waals surface area contributed by atoms with Gasteiger partial charge in [0.15, 0.2) is 0 Å². The zero-order chi connectivity index (χ0) is 14.0. The summed E-state index contributed by atoms with van der Waals surface area (Å²) in [6.45, 7) is 0.247. The number of pyridine rings is 1. The monoisotopic (exact) mass is 304 g/mol. The van der Waals surface area contributed by atoms with E-state index in [0.717, 1.165) is 0 Å². The molecule has 102 valence electrons. The van der Waals surface area contributed by atoms with Gasteiger partial charge in [-0.2, -0.15) is 0 Å². The summed E-state index contributed by atoms with van der Waals surface area (Å²) in [6, 6.07) is 0.803. The average molecular weight is 305 g/mol. The minimum Gasteiger partial charge on any atom is -0.481 e. The molecule has 2 rings (SSSR count). The molecule has 0 radical (unpaired) electrons. The van der Waals surface area contributed by atoms with Gasteiger partial charge in [-0.15, -0.1) is 0 Å². The number of amides is 1. The molecule has 0 bridgehead atoms. The topological polar surface area (TPSA) is 88.5 Å². The second-order valence-electron chi connectivity index (χ2n) is 4.06. The summed E-state index contributed by atoms with van der Waals surface area (Å²) in [5.41, 5.74) is 0.213. The van der Waals surface area contributed by atoms with Crippen molar-refractivity contribution in [2.75, 3.05) is 13.2 Å². The van der Waals surface area contributed by atoms with Crippen LogP contribution in [0, 0.1) is 5.92 Å². The Labute approximate surface area is 118 Å². The maximum atomic E-state index is 11.9. The summed E-state index contributed by atoms with van der Waals surface area (Å²) in [5, 5.41) is 11.8. The van der Waals surface area contributed by atoms with Crippen molar-refractivity contribution in [3.63, 3.8) is 0 Å². The number of nitrogens with one attached hydrogen (secondary N) is 1. The lowest BCUT2D eigenvalue weighted by Gasteiger charge is -2.15. The van der Waals surface area contributed by atoms with E-state index in [1.54, 1.807) is 0 Å². The summed E-state index contributed by atoms with van der Waals surface area (Å²) in [5.74, 6) is -2.22. The first-order valence-corrected chi connectivity index (χ1v) is 6.17. The lowest BCUT2D eigenvalue weighted by molar-refractivity contribution is -0.142. The van der Waals surface area contributed by atoms with Crippen LogP contribution in [0.2, 0.25) is 10.2 Å². The van der Waals surface area contributed by atoms with Gasteiger partial charge in [0, 0.05) is 6.20 Å². The fraction of sp³-hybridized carbons (Fsp3) is 0.364. The molecular weight excluding hydrogens is 295 g/mol. The molecule has 1 aromatic heterocycles. The number of halogens is 2. The van der Waals surface area contributed by atoms with Gasteiger partial charge in [0.2, 0.25) is 0 Å². The van der Waals surface area contributed by atoms with Crippen molar-refractivity contribution in [2.24, 2.45) is 5.92 Å². The molecule has 1 aliphatic heterocycles. The highest BCUT2D eigenvalue weighted by molar-refractivity contribution is 6.41. The minimum absolute atomic E-state index is 0.0832. The van der Waals surface area contributed by atoms with Gasteiger partial charge in [-0.05, 0) is 6.07 Å². The Morgan fingerprint density at radius 1 is 1.42 bits per heavy atom. The smallest absolute Gasteiger partial charge is 0.311 e. The first-order valence-electron chi connectivity index (χ1n) is 5.41. The quantitative estimate of drug-likeness (QED) is 0.820. The molecule has 1 saturated heterocycles. The van der Waals surface area contributed by atoms with Crippen LogP contribution in [0.25, 0.3) is 0 Å².